The molecule has 8 heteroatoms. The number of hydrogen-bond donors (Lipinski definition) is 0. The zero-order valence-electron chi connectivity index (χ0n) is 19.1. The van der Waals surface area contributed by atoms with Crippen LogP contribution in [0.1, 0.15) is 51.5 Å². The van der Waals surface area contributed by atoms with Crippen LogP contribution in [0.3, 0.4) is 0 Å². The van der Waals surface area contributed by atoms with Crippen molar-refractivity contribution in [2.45, 2.75) is 59.8 Å². The Balaban J connectivity index is 1.89. The number of fused-ring (bicyclic) bond motifs is 2. The molecule has 8 nitrogen and oxygen atoms in total. The SMILES string of the molecule is CC(C)CCn1c(Cn2c(=O)n(C(C)C)c3ccccc32)nc2c(CN=[N+]=[N-])cccc21. The smallest absolute Gasteiger partial charge is 0.326 e. The molecule has 4 aromatic rings. The van der Waals surface area contributed by atoms with Crippen LogP contribution < -0.4 is 5.69 Å². The van der Waals surface area contributed by atoms with Gasteiger partial charge in [-0.05, 0) is 55.5 Å². The van der Waals surface area contributed by atoms with Gasteiger partial charge in [0.25, 0.3) is 0 Å². The molecule has 0 fully saturated rings. The van der Waals surface area contributed by atoms with Gasteiger partial charge in [0.05, 0.1) is 35.2 Å². The molecule has 0 spiro atoms. The number of para-hydroxylation sites is 3. The van der Waals surface area contributed by atoms with Crippen molar-refractivity contribution in [3.63, 3.8) is 0 Å². The van der Waals surface area contributed by atoms with Crippen LogP contribution >= 0.6 is 0 Å². The minimum Gasteiger partial charge on any atom is -0.326 e. The van der Waals surface area contributed by atoms with Crippen molar-refractivity contribution >= 4 is 22.1 Å². The van der Waals surface area contributed by atoms with Crippen LogP contribution in [-0.2, 0) is 19.6 Å². The fourth-order valence-corrected chi connectivity index (χ4v) is 4.27. The molecule has 0 radical (unpaired) electrons. The number of aromatic nitrogens is 4. The third-order valence-corrected chi connectivity index (χ3v) is 5.86. The Kier molecular flexibility index (Phi) is 6.06. The summed E-state index contributed by atoms with van der Waals surface area (Å²) in [5.41, 5.74) is 13.3. The summed E-state index contributed by atoms with van der Waals surface area (Å²) in [4.78, 5) is 21.2. The Morgan fingerprint density at radius 2 is 1.72 bits per heavy atom. The lowest BCUT2D eigenvalue weighted by Gasteiger charge is -2.12. The summed E-state index contributed by atoms with van der Waals surface area (Å²) in [6.07, 6.45) is 1.00. The highest BCUT2D eigenvalue weighted by molar-refractivity contribution is 5.80. The lowest BCUT2D eigenvalue weighted by molar-refractivity contribution is 0.504. The highest BCUT2D eigenvalue weighted by atomic mass is 16.1. The monoisotopic (exact) mass is 431 g/mol. The molecule has 166 valence electrons. The lowest BCUT2D eigenvalue weighted by Crippen LogP contribution is -2.27. The van der Waals surface area contributed by atoms with Crippen LogP contribution in [0.2, 0.25) is 0 Å². The van der Waals surface area contributed by atoms with Gasteiger partial charge in [-0.25, -0.2) is 9.78 Å². The Labute approximate surface area is 186 Å². The van der Waals surface area contributed by atoms with Crippen LogP contribution in [0, 0.1) is 5.92 Å². The van der Waals surface area contributed by atoms with Crippen molar-refractivity contribution in [2.24, 2.45) is 11.0 Å². The third-order valence-electron chi connectivity index (χ3n) is 5.86. The van der Waals surface area contributed by atoms with Crippen molar-refractivity contribution in [1.29, 1.82) is 0 Å². The first-order valence-electron chi connectivity index (χ1n) is 11.1. The number of aryl methyl sites for hydroxylation is 1. The zero-order chi connectivity index (χ0) is 22.8. The fraction of sp³-hybridized carbons (Fsp3) is 0.417. The van der Waals surface area contributed by atoms with E-state index in [0.29, 0.717) is 12.5 Å². The van der Waals surface area contributed by atoms with Gasteiger partial charge >= 0.3 is 5.69 Å². The molecule has 0 saturated carbocycles. The molecule has 0 N–H and O–H groups in total. The quantitative estimate of drug-likeness (QED) is 0.205. The van der Waals surface area contributed by atoms with Crippen LogP contribution in [0.25, 0.3) is 32.5 Å². The maximum atomic E-state index is 13.4. The minimum atomic E-state index is -0.0297. The average molecular weight is 432 g/mol. The van der Waals surface area contributed by atoms with Crippen molar-refractivity contribution in [3.8, 4) is 0 Å². The van der Waals surface area contributed by atoms with Crippen molar-refractivity contribution in [2.75, 3.05) is 0 Å². The van der Waals surface area contributed by atoms with Gasteiger partial charge in [-0.1, -0.05) is 43.2 Å². The molecule has 0 bridgehead atoms. The molecule has 2 aromatic carbocycles. The molecule has 0 amide bonds. The van der Waals surface area contributed by atoms with Gasteiger partial charge in [0, 0.05) is 17.5 Å². The van der Waals surface area contributed by atoms with Crippen molar-refractivity contribution in [3.05, 3.63) is 74.8 Å². The average Bonchev–Trinajstić information content (AvgIpc) is 3.26. The van der Waals surface area contributed by atoms with E-state index in [1.165, 1.54) is 0 Å². The van der Waals surface area contributed by atoms with E-state index in [2.05, 4.69) is 28.4 Å². The zero-order valence-corrected chi connectivity index (χ0v) is 19.1. The fourth-order valence-electron chi connectivity index (χ4n) is 4.27. The van der Waals surface area contributed by atoms with Crippen LogP contribution in [0.15, 0.2) is 52.4 Å². The Bertz CT molecular complexity index is 1370. The molecule has 4 rings (SSSR count). The van der Waals surface area contributed by atoms with E-state index in [9.17, 15) is 4.79 Å². The van der Waals surface area contributed by atoms with E-state index in [1.807, 2.05) is 65.4 Å². The Morgan fingerprint density at radius 3 is 2.41 bits per heavy atom. The first-order valence-corrected chi connectivity index (χ1v) is 11.1. The number of azide groups is 1. The van der Waals surface area contributed by atoms with Gasteiger partial charge < -0.3 is 4.57 Å². The van der Waals surface area contributed by atoms with E-state index in [4.69, 9.17) is 10.5 Å². The summed E-state index contributed by atoms with van der Waals surface area (Å²) in [7, 11) is 0. The van der Waals surface area contributed by atoms with Gasteiger partial charge in [-0.15, -0.1) is 0 Å². The molecule has 0 atom stereocenters. The van der Waals surface area contributed by atoms with Gasteiger partial charge in [-0.3, -0.25) is 9.13 Å². The van der Waals surface area contributed by atoms with Crippen molar-refractivity contribution < 1.29 is 0 Å². The van der Waals surface area contributed by atoms with Crippen LogP contribution in [0.4, 0.5) is 0 Å². The molecular weight excluding hydrogens is 402 g/mol. The molecule has 0 aliphatic heterocycles. The molecule has 0 aliphatic rings. The van der Waals surface area contributed by atoms with Gasteiger partial charge in [0.1, 0.15) is 5.82 Å². The largest absolute Gasteiger partial charge is 0.329 e. The molecule has 2 heterocycles. The standard InChI is InChI=1S/C24H29N7O/c1-16(2)12-13-29-21-11-7-8-18(14-26-28-25)23(21)27-22(29)15-30-19-9-5-6-10-20(19)31(17(3)4)24(30)32/h5-11,16-17H,12-15H2,1-4H3. The summed E-state index contributed by atoms with van der Waals surface area (Å²) in [5.74, 6) is 1.38. The number of nitrogens with zero attached hydrogens (tertiary/aromatic N) is 7. The first kappa shape index (κ1) is 21.7. The normalized spacial score (nSPS) is 11.7. The van der Waals surface area contributed by atoms with E-state index < -0.39 is 0 Å². The summed E-state index contributed by atoms with van der Waals surface area (Å²) in [6, 6.07) is 13.9. The second-order valence-corrected chi connectivity index (χ2v) is 8.86. The molecule has 32 heavy (non-hydrogen) atoms. The van der Waals surface area contributed by atoms with E-state index >= 15 is 0 Å². The topological polar surface area (TPSA) is 93.5 Å². The Morgan fingerprint density at radius 1 is 1.00 bits per heavy atom. The van der Waals surface area contributed by atoms with Gasteiger partial charge in [-0.2, -0.15) is 0 Å². The van der Waals surface area contributed by atoms with Crippen LogP contribution in [0.5, 0.6) is 0 Å². The molecule has 0 unspecified atom stereocenters. The second-order valence-electron chi connectivity index (χ2n) is 8.86. The number of benzene rings is 2. The lowest BCUT2D eigenvalue weighted by atomic mass is 10.1. The van der Waals surface area contributed by atoms with Gasteiger partial charge in [0.15, 0.2) is 0 Å². The second kappa shape index (κ2) is 8.93. The summed E-state index contributed by atoms with van der Waals surface area (Å²) in [6.45, 7) is 9.90. The van der Waals surface area contributed by atoms with Crippen molar-refractivity contribution in [1.82, 2.24) is 18.7 Å². The molecular formula is C24H29N7O. The van der Waals surface area contributed by atoms with Gasteiger partial charge in [0.2, 0.25) is 0 Å². The predicted molar refractivity (Wildman–Crippen MR) is 128 cm³/mol. The molecule has 0 saturated heterocycles. The van der Waals surface area contributed by atoms with E-state index in [-0.39, 0.29) is 18.3 Å². The molecule has 0 aliphatic carbocycles. The summed E-state index contributed by atoms with van der Waals surface area (Å²) in [5, 5.41) is 3.74. The van der Waals surface area contributed by atoms with E-state index in [0.717, 1.165) is 46.4 Å². The first-order chi connectivity index (χ1) is 15.4. The minimum absolute atomic E-state index is 0.0297. The highest BCUT2D eigenvalue weighted by Gasteiger charge is 2.19. The number of imidazole rings is 2. The maximum Gasteiger partial charge on any atom is 0.329 e. The van der Waals surface area contributed by atoms with Crippen LogP contribution in [-0.4, -0.2) is 18.7 Å². The van der Waals surface area contributed by atoms with E-state index in [1.54, 1.807) is 0 Å². The number of rotatable bonds is 8. The predicted octanol–water partition coefficient (Wildman–Crippen LogP) is 5.64. The number of hydrogen-bond acceptors (Lipinski definition) is 3. The summed E-state index contributed by atoms with van der Waals surface area (Å²) >= 11 is 0. The molecule has 2 aromatic heterocycles. The Hall–Kier alpha value is -3.51. The summed E-state index contributed by atoms with van der Waals surface area (Å²) < 4.78 is 5.86. The highest BCUT2D eigenvalue weighted by Crippen LogP contribution is 2.24. The maximum absolute atomic E-state index is 13.4. The third kappa shape index (κ3) is 3.89.